The van der Waals surface area contributed by atoms with Crippen molar-refractivity contribution in [2.24, 2.45) is 0 Å². The van der Waals surface area contributed by atoms with Crippen LogP contribution in [0.5, 0.6) is 17.2 Å². The number of nitrogens with zero attached hydrogens (tertiary/aromatic N) is 1. The number of carbonyl (C=O) groups is 2. The first-order valence-corrected chi connectivity index (χ1v) is 10.3. The van der Waals surface area contributed by atoms with E-state index < -0.39 is 35.1 Å². The maximum absolute atomic E-state index is 14.0. The molecule has 0 aliphatic carbocycles. The maximum atomic E-state index is 14.0. The second-order valence-corrected chi connectivity index (χ2v) is 7.72. The van der Waals surface area contributed by atoms with E-state index in [1.165, 1.54) is 42.5 Å². The quantitative estimate of drug-likeness (QED) is 0.344. The SMILES string of the molecule is O=C1C(=O)N(c2ccc(F)c(F)c2)C(c2ccc(O)cc2)/C1=C(/O)c1ccc2c(c1)OCCO2. The highest BCUT2D eigenvalue weighted by atomic mass is 19.2. The van der Waals surface area contributed by atoms with E-state index in [9.17, 15) is 28.6 Å². The fraction of sp³-hybridized carbons (Fsp3) is 0.120. The van der Waals surface area contributed by atoms with Gasteiger partial charge in [-0.1, -0.05) is 12.1 Å². The smallest absolute Gasteiger partial charge is 0.300 e. The topological polar surface area (TPSA) is 96.3 Å². The zero-order chi connectivity index (χ0) is 24.0. The van der Waals surface area contributed by atoms with Crippen LogP contribution in [0, 0.1) is 11.6 Å². The van der Waals surface area contributed by atoms with Gasteiger partial charge in [0.05, 0.1) is 11.6 Å². The van der Waals surface area contributed by atoms with Crippen LogP contribution in [0.3, 0.4) is 0 Å². The Kier molecular flexibility index (Phi) is 5.16. The van der Waals surface area contributed by atoms with Crippen LogP contribution in [0.4, 0.5) is 14.5 Å². The standard InChI is InChI=1S/C25H17F2NO6/c26-17-7-4-15(12-18(17)27)28-22(13-1-5-16(29)6-2-13)21(24(31)25(28)32)23(30)14-3-8-19-20(11-14)34-10-9-33-19/h1-8,11-12,22,29-30H,9-10H2/b23-21-. The third kappa shape index (κ3) is 3.51. The number of anilines is 1. The largest absolute Gasteiger partial charge is 0.508 e. The van der Waals surface area contributed by atoms with Gasteiger partial charge >= 0.3 is 0 Å². The Hall–Kier alpha value is -4.40. The molecule has 1 unspecified atom stereocenters. The van der Waals surface area contributed by atoms with Gasteiger partial charge in [-0.3, -0.25) is 14.5 Å². The molecule has 1 atom stereocenters. The Morgan fingerprint density at radius 1 is 0.882 bits per heavy atom. The van der Waals surface area contributed by atoms with Crippen LogP contribution in [0.1, 0.15) is 17.2 Å². The van der Waals surface area contributed by atoms with Gasteiger partial charge in [0.2, 0.25) is 0 Å². The van der Waals surface area contributed by atoms with Crippen LogP contribution in [-0.4, -0.2) is 35.1 Å². The normalized spacial score (nSPS) is 18.9. The van der Waals surface area contributed by atoms with Crippen molar-refractivity contribution in [3.05, 3.63) is 89.0 Å². The van der Waals surface area contributed by atoms with Crippen molar-refractivity contribution in [2.75, 3.05) is 18.1 Å². The highest BCUT2D eigenvalue weighted by Gasteiger charge is 2.47. The lowest BCUT2D eigenvalue weighted by Crippen LogP contribution is -2.29. The lowest BCUT2D eigenvalue weighted by Gasteiger charge is -2.25. The third-order valence-corrected chi connectivity index (χ3v) is 5.65. The number of carbonyl (C=O) groups excluding carboxylic acids is 2. The van der Waals surface area contributed by atoms with Crippen LogP contribution in [0.15, 0.2) is 66.2 Å². The molecule has 5 rings (SSSR count). The average Bonchev–Trinajstić information content (AvgIpc) is 3.11. The van der Waals surface area contributed by atoms with Gasteiger partial charge in [-0.25, -0.2) is 8.78 Å². The van der Waals surface area contributed by atoms with Crippen molar-refractivity contribution in [3.63, 3.8) is 0 Å². The molecule has 34 heavy (non-hydrogen) atoms. The number of Topliss-reactive ketones (excluding diaryl/α,β-unsaturated/α-hetero) is 1. The number of aliphatic hydroxyl groups is 1. The van der Waals surface area contributed by atoms with Crippen molar-refractivity contribution in [1.29, 1.82) is 0 Å². The number of benzene rings is 3. The Morgan fingerprint density at radius 3 is 2.29 bits per heavy atom. The molecule has 0 bridgehead atoms. The molecule has 1 saturated heterocycles. The minimum absolute atomic E-state index is 0.0552. The summed E-state index contributed by atoms with van der Waals surface area (Å²) in [5.41, 5.74) is 0.245. The Labute approximate surface area is 192 Å². The fourth-order valence-electron chi connectivity index (χ4n) is 4.05. The summed E-state index contributed by atoms with van der Waals surface area (Å²) in [6.45, 7) is 0.684. The number of halogens is 2. The average molecular weight is 465 g/mol. The summed E-state index contributed by atoms with van der Waals surface area (Å²) < 4.78 is 38.6. The summed E-state index contributed by atoms with van der Waals surface area (Å²) in [6, 6.07) is 11.9. The molecular weight excluding hydrogens is 448 g/mol. The minimum atomic E-state index is -1.20. The summed E-state index contributed by atoms with van der Waals surface area (Å²) in [5, 5.41) is 20.9. The van der Waals surface area contributed by atoms with Crippen LogP contribution in [0.25, 0.3) is 5.76 Å². The molecule has 9 heteroatoms. The Bertz CT molecular complexity index is 1350. The van der Waals surface area contributed by atoms with Crippen LogP contribution >= 0.6 is 0 Å². The van der Waals surface area contributed by atoms with Crippen LogP contribution in [0.2, 0.25) is 0 Å². The Balaban J connectivity index is 1.70. The first-order valence-electron chi connectivity index (χ1n) is 10.3. The number of phenolic OH excluding ortho intramolecular Hbond substituents is 1. The number of ether oxygens (including phenoxy) is 2. The van der Waals surface area contributed by atoms with Gasteiger partial charge in [0.25, 0.3) is 11.7 Å². The van der Waals surface area contributed by atoms with Crippen molar-refractivity contribution in [2.45, 2.75) is 6.04 Å². The molecule has 0 saturated carbocycles. The molecule has 3 aromatic rings. The van der Waals surface area contributed by atoms with E-state index in [0.29, 0.717) is 30.3 Å². The molecule has 2 N–H and O–H groups in total. The number of aliphatic hydroxyl groups excluding tert-OH is 1. The van der Waals surface area contributed by atoms with Crippen molar-refractivity contribution < 1.29 is 38.1 Å². The Morgan fingerprint density at radius 2 is 1.59 bits per heavy atom. The molecule has 2 aliphatic heterocycles. The molecule has 172 valence electrons. The van der Waals surface area contributed by atoms with E-state index in [-0.39, 0.29) is 22.6 Å². The predicted molar refractivity (Wildman–Crippen MR) is 117 cm³/mol. The first-order chi connectivity index (χ1) is 16.3. The first kappa shape index (κ1) is 21.4. The summed E-state index contributed by atoms with van der Waals surface area (Å²) >= 11 is 0. The van der Waals surface area contributed by atoms with Gasteiger partial charge in [0.15, 0.2) is 23.1 Å². The molecular formula is C25H17F2NO6. The van der Waals surface area contributed by atoms with E-state index in [0.717, 1.165) is 17.0 Å². The lowest BCUT2D eigenvalue weighted by atomic mass is 9.95. The third-order valence-electron chi connectivity index (χ3n) is 5.65. The second kappa shape index (κ2) is 8.18. The van der Waals surface area contributed by atoms with Gasteiger partial charge in [0.1, 0.15) is 24.7 Å². The van der Waals surface area contributed by atoms with E-state index in [2.05, 4.69) is 0 Å². The molecule has 2 aliphatic rings. The monoisotopic (exact) mass is 465 g/mol. The van der Waals surface area contributed by atoms with Gasteiger partial charge < -0.3 is 19.7 Å². The highest BCUT2D eigenvalue weighted by molar-refractivity contribution is 6.51. The molecule has 1 fully saturated rings. The number of amides is 1. The zero-order valence-electron chi connectivity index (χ0n) is 17.5. The van der Waals surface area contributed by atoms with Crippen LogP contribution < -0.4 is 14.4 Å². The molecule has 0 spiro atoms. The fourth-order valence-corrected chi connectivity index (χ4v) is 4.05. The summed E-state index contributed by atoms with van der Waals surface area (Å²) in [7, 11) is 0. The summed E-state index contributed by atoms with van der Waals surface area (Å²) in [6.07, 6.45) is 0. The van der Waals surface area contributed by atoms with Crippen molar-refractivity contribution in [1.82, 2.24) is 0 Å². The second-order valence-electron chi connectivity index (χ2n) is 7.72. The highest BCUT2D eigenvalue weighted by Crippen LogP contribution is 2.43. The molecule has 2 heterocycles. The zero-order valence-corrected chi connectivity index (χ0v) is 17.5. The maximum Gasteiger partial charge on any atom is 0.300 e. The number of ketones is 1. The molecule has 1 amide bonds. The van der Waals surface area contributed by atoms with Crippen LogP contribution in [-0.2, 0) is 9.59 Å². The summed E-state index contributed by atoms with van der Waals surface area (Å²) in [5.74, 6) is -4.03. The predicted octanol–water partition coefficient (Wildman–Crippen LogP) is 4.07. The van der Waals surface area contributed by atoms with Crippen molar-refractivity contribution in [3.8, 4) is 17.2 Å². The van der Waals surface area contributed by atoms with Gasteiger partial charge in [0, 0.05) is 17.3 Å². The van der Waals surface area contributed by atoms with E-state index in [1.54, 1.807) is 6.07 Å². The van der Waals surface area contributed by atoms with Gasteiger partial charge in [-0.15, -0.1) is 0 Å². The molecule has 7 nitrogen and oxygen atoms in total. The van der Waals surface area contributed by atoms with Crippen molar-refractivity contribution >= 4 is 23.1 Å². The number of aromatic hydroxyl groups is 1. The lowest BCUT2D eigenvalue weighted by molar-refractivity contribution is -0.132. The molecule has 0 radical (unpaired) electrons. The molecule has 3 aromatic carbocycles. The summed E-state index contributed by atoms with van der Waals surface area (Å²) in [4.78, 5) is 27.2. The van der Waals surface area contributed by atoms with Gasteiger partial charge in [-0.05, 0) is 48.0 Å². The van der Waals surface area contributed by atoms with E-state index in [4.69, 9.17) is 9.47 Å². The van der Waals surface area contributed by atoms with E-state index >= 15 is 0 Å². The number of phenols is 1. The number of hydrogen-bond donors (Lipinski definition) is 2. The number of fused-ring (bicyclic) bond motifs is 1. The van der Waals surface area contributed by atoms with E-state index in [1.807, 2.05) is 0 Å². The van der Waals surface area contributed by atoms with Gasteiger partial charge in [-0.2, -0.15) is 0 Å². The molecule has 0 aromatic heterocycles. The number of rotatable bonds is 3. The minimum Gasteiger partial charge on any atom is -0.508 e. The number of hydrogen-bond acceptors (Lipinski definition) is 6.